The van der Waals surface area contributed by atoms with Gasteiger partial charge < -0.3 is 9.47 Å². The van der Waals surface area contributed by atoms with Crippen molar-refractivity contribution in [3.63, 3.8) is 0 Å². The van der Waals surface area contributed by atoms with Crippen LogP contribution in [-0.4, -0.2) is 24.6 Å². The second-order valence-corrected chi connectivity index (χ2v) is 8.70. The van der Waals surface area contributed by atoms with Crippen molar-refractivity contribution in [1.82, 2.24) is 0 Å². The number of carbonyl (C=O) groups excluding carboxylic acids is 2. The topological polar surface area (TPSA) is 52.6 Å². The van der Waals surface area contributed by atoms with Gasteiger partial charge in [0, 0.05) is 0 Å². The molecule has 0 aromatic rings. The molecule has 0 heterocycles. The molecule has 0 unspecified atom stereocenters. The molecule has 0 aliphatic carbocycles. The molecule has 0 aromatic heterocycles. The molecule has 0 aromatic carbocycles. The minimum Gasteiger partial charge on any atom is -0.466 e. The van der Waals surface area contributed by atoms with Gasteiger partial charge in [-0.1, -0.05) is 98.8 Å². The number of carbonyl (C=O) groups is 2. The zero-order valence-electron chi connectivity index (χ0n) is 19.3. The summed E-state index contributed by atoms with van der Waals surface area (Å²) in [5.41, 5.74) is 0. The van der Waals surface area contributed by atoms with Crippen molar-refractivity contribution >= 4 is 11.9 Å². The van der Waals surface area contributed by atoms with E-state index in [0.29, 0.717) is 6.61 Å². The molecule has 0 aliphatic heterocycles. The van der Waals surface area contributed by atoms with E-state index in [-0.39, 0.29) is 42.7 Å². The first-order chi connectivity index (χ1) is 13.4. The number of ether oxygens (including phenoxy) is 2. The number of hydrogen-bond donors (Lipinski definition) is 0. The fraction of sp³-hybridized carbons (Fsp3) is 0.917. The van der Waals surface area contributed by atoms with E-state index in [2.05, 4.69) is 6.92 Å². The van der Waals surface area contributed by atoms with Gasteiger partial charge in [0.1, 0.15) is 6.10 Å². The SMILES string of the molecule is CCCCCCCCCCCCCOC(=O)CCC(=O)OC(C(C)C)C(C)C. The van der Waals surface area contributed by atoms with Crippen LogP contribution in [0.1, 0.15) is 118 Å². The summed E-state index contributed by atoms with van der Waals surface area (Å²) in [6, 6.07) is 0. The van der Waals surface area contributed by atoms with Crippen molar-refractivity contribution in [2.75, 3.05) is 6.61 Å². The lowest BCUT2D eigenvalue weighted by atomic mass is 9.96. The maximum atomic E-state index is 11.9. The van der Waals surface area contributed by atoms with E-state index in [1.165, 1.54) is 57.8 Å². The van der Waals surface area contributed by atoms with Crippen LogP contribution >= 0.6 is 0 Å². The normalized spacial score (nSPS) is 11.4. The highest BCUT2D eigenvalue weighted by atomic mass is 16.5. The minimum atomic E-state index is -0.306. The van der Waals surface area contributed by atoms with Crippen molar-refractivity contribution < 1.29 is 19.1 Å². The van der Waals surface area contributed by atoms with Gasteiger partial charge in [0.2, 0.25) is 0 Å². The Bertz CT molecular complexity index is 382. The lowest BCUT2D eigenvalue weighted by Crippen LogP contribution is -2.29. The Morgan fingerprint density at radius 2 is 1.07 bits per heavy atom. The van der Waals surface area contributed by atoms with Crippen LogP contribution < -0.4 is 0 Å². The zero-order valence-corrected chi connectivity index (χ0v) is 19.3. The molecule has 0 saturated heterocycles. The van der Waals surface area contributed by atoms with Crippen molar-refractivity contribution in [1.29, 1.82) is 0 Å². The van der Waals surface area contributed by atoms with Crippen molar-refractivity contribution in [2.45, 2.75) is 124 Å². The van der Waals surface area contributed by atoms with Crippen LogP contribution in [0.3, 0.4) is 0 Å². The zero-order chi connectivity index (χ0) is 21.2. The van der Waals surface area contributed by atoms with Gasteiger partial charge >= 0.3 is 11.9 Å². The molecular formula is C24H46O4. The van der Waals surface area contributed by atoms with Crippen LogP contribution in [-0.2, 0) is 19.1 Å². The standard InChI is InChI=1S/C24H46O4/c1-6-7-8-9-10-11-12-13-14-15-16-19-27-22(25)17-18-23(26)28-24(20(2)3)21(4)5/h20-21,24H,6-19H2,1-5H3. The fourth-order valence-electron chi connectivity index (χ4n) is 3.48. The smallest absolute Gasteiger partial charge is 0.306 e. The van der Waals surface area contributed by atoms with Gasteiger partial charge in [-0.05, 0) is 18.3 Å². The lowest BCUT2D eigenvalue weighted by Gasteiger charge is -2.24. The summed E-state index contributed by atoms with van der Waals surface area (Å²) in [5, 5.41) is 0. The summed E-state index contributed by atoms with van der Waals surface area (Å²) in [6.07, 6.45) is 14.1. The van der Waals surface area contributed by atoms with Crippen LogP contribution in [0.4, 0.5) is 0 Å². The predicted octanol–water partition coefficient (Wildman–Crippen LogP) is 6.84. The molecule has 0 saturated carbocycles. The van der Waals surface area contributed by atoms with E-state index in [4.69, 9.17) is 9.47 Å². The van der Waals surface area contributed by atoms with Gasteiger partial charge in [0.15, 0.2) is 0 Å². The molecule has 0 bridgehead atoms. The molecule has 0 spiro atoms. The van der Waals surface area contributed by atoms with E-state index in [1.807, 2.05) is 27.7 Å². The molecule has 0 N–H and O–H groups in total. The first-order valence-electron chi connectivity index (χ1n) is 11.7. The van der Waals surface area contributed by atoms with Crippen LogP contribution in [0.15, 0.2) is 0 Å². The van der Waals surface area contributed by atoms with Gasteiger partial charge in [0.05, 0.1) is 19.4 Å². The maximum Gasteiger partial charge on any atom is 0.306 e. The Kier molecular flexibility index (Phi) is 17.3. The Hall–Kier alpha value is -1.06. The maximum absolute atomic E-state index is 11.9. The first kappa shape index (κ1) is 26.9. The fourth-order valence-corrected chi connectivity index (χ4v) is 3.48. The Morgan fingerprint density at radius 3 is 1.54 bits per heavy atom. The van der Waals surface area contributed by atoms with Gasteiger partial charge in [-0.2, -0.15) is 0 Å². The summed E-state index contributed by atoms with van der Waals surface area (Å²) >= 11 is 0. The lowest BCUT2D eigenvalue weighted by molar-refractivity contribution is -0.157. The first-order valence-corrected chi connectivity index (χ1v) is 11.7. The molecule has 166 valence electrons. The van der Waals surface area contributed by atoms with Crippen molar-refractivity contribution in [2.24, 2.45) is 11.8 Å². The molecule has 4 nitrogen and oxygen atoms in total. The second-order valence-electron chi connectivity index (χ2n) is 8.70. The molecule has 0 amide bonds. The average Bonchev–Trinajstić information content (AvgIpc) is 2.64. The number of hydrogen-bond acceptors (Lipinski definition) is 4. The number of unbranched alkanes of at least 4 members (excludes halogenated alkanes) is 10. The quantitative estimate of drug-likeness (QED) is 0.187. The number of esters is 2. The van der Waals surface area contributed by atoms with E-state index < -0.39 is 0 Å². The summed E-state index contributed by atoms with van der Waals surface area (Å²) < 4.78 is 10.7. The van der Waals surface area contributed by atoms with Crippen molar-refractivity contribution in [3.05, 3.63) is 0 Å². The molecule has 0 fully saturated rings. The van der Waals surface area contributed by atoms with E-state index in [1.54, 1.807) is 0 Å². The summed E-state index contributed by atoms with van der Waals surface area (Å²) in [5.74, 6) is -0.0531. The van der Waals surface area contributed by atoms with Crippen LogP contribution in [0.5, 0.6) is 0 Å². The molecule has 0 rings (SSSR count). The summed E-state index contributed by atoms with van der Waals surface area (Å²) in [4.78, 5) is 23.7. The van der Waals surface area contributed by atoms with Gasteiger partial charge in [-0.3, -0.25) is 9.59 Å². The van der Waals surface area contributed by atoms with Gasteiger partial charge in [-0.25, -0.2) is 0 Å². The van der Waals surface area contributed by atoms with E-state index in [0.717, 1.165) is 12.8 Å². The molecule has 28 heavy (non-hydrogen) atoms. The molecule has 0 atom stereocenters. The van der Waals surface area contributed by atoms with Crippen LogP contribution in [0.2, 0.25) is 0 Å². The van der Waals surface area contributed by atoms with Crippen LogP contribution in [0, 0.1) is 11.8 Å². The Labute approximate surface area is 174 Å². The highest BCUT2D eigenvalue weighted by molar-refractivity contribution is 5.77. The van der Waals surface area contributed by atoms with Gasteiger partial charge in [-0.15, -0.1) is 0 Å². The van der Waals surface area contributed by atoms with E-state index >= 15 is 0 Å². The highest BCUT2D eigenvalue weighted by Crippen LogP contribution is 2.17. The van der Waals surface area contributed by atoms with Crippen molar-refractivity contribution in [3.8, 4) is 0 Å². The molecule has 0 aliphatic rings. The number of rotatable bonds is 18. The average molecular weight is 399 g/mol. The summed E-state index contributed by atoms with van der Waals surface area (Å²) in [7, 11) is 0. The summed E-state index contributed by atoms with van der Waals surface area (Å²) in [6.45, 7) is 10.9. The third-order valence-electron chi connectivity index (χ3n) is 5.13. The second kappa shape index (κ2) is 18.0. The predicted molar refractivity (Wildman–Crippen MR) is 116 cm³/mol. The van der Waals surface area contributed by atoms with Crippen LogP contribution in [0.25, 0.3) is 0 Å². The highest BCUT2D eigenvalue weighted by Gasteiger charge is 2.22. The molecule has 0 radical (unpaired) electrons. The Morgan fingerprint density at radius 1 is 0.643 bits per heavy atom. The minimum absolute atomic E-state index is 0.0974. The monoisotopic (exact) mass is 398 g/mol. The van der Waals surface area contributed by atoms with Gasteiger partial charge in [0.25, 0.3) is 0 Å². The third kappa shape index (κ3) is 15.9. The van der Waals surface area contributed by atoms with E-state index in [9.17, 15) is 9.59 Å². The Balaban J connectivity index is 3.54. The molecular weight excluding hydrogens is 352 g/mol. The molecule has 4 heteroatoms. The largest absolute Gasteiger partial charge is 0.466 e. The third-order valence-corrected chi connectivity index (χ3v) is 5.13.